The van der Waals surface area contributed by atoms with Crippen molar-refractivity contribution in [3.05, 3.63) is 57.9 Å². The van der Waals surface area contributed by atoms with Gasteiger partial charge in [0.25, 0.3) is 0 Å². The van der Waals surface area contributed by atoms with Gasteiger partial charge in [-0.1, -0.05) is 30.0 Å². The number of benzene rings is 1. The first-order valence-corrected chi connectivity index (χ1v) is 10.6. The van der Waals surface area contributed by atoms with Crippen molar-refractivity contribution in [3.8, 4) is 10.6 Å². The quantitative estimate of drug-likeness (QED) is 0.354. The minimum Gasteiger partial charge on any atom is -0.238 e. The first kappa shape index (κ1) is 18.4. The molecule has 0 saturated heterocycles. The van der Waals surface area contributed by atoms with Crippen LogP contribution in [0.4, 0.5) is 13.2 Å². The van der Waals surface area contributed by atoms with Crippen LogP contribution in [0.1, 0.15) is 16.1 Å². The summed E-state index contributed by atoms with van der Waals surface area (Å²) in [5.41, 5.74) is 1.77. The molecule has 0 amide bonds. The number of hydrogen-bond acceptors (Lipinski definition) is 6. The topological polar surface area (TPSA) is 38.7 Å². The Hall–Kier alpha value is -1.97. The van der Waals surface area contributed by atoms with E-state index in [0.717, 1.165) is 43.5 Å². The van der Waals surface area contributed by atoms with Crippen molar-refractivity contribution in [1.29, 1.82) is 0 Å². The molecule has 4 rings (SSSR count). The molecule has 0 spiro atoms. The number of thiazole rings is 1. The van der Waals surface area contributed by atoms with Gasteiger partial charge in [-0.2, -0.15) is 13.2 Å². The number of nitrogens with zero attached hydrogens (tertiary/aromatic N) is 3. The Morgan fingerprint density at radius 3 is 2.52 bits per heavy atom. The Bertz CT molecular complexity index is 1070. The van der Waals surface area contributed by atoms with Gasteiger partial charge in [-0.3, -0.25) is 0 Å². The second kappa shape index (κ2) is 7.21. The van der Waals surface area contributed by atoms with E-state index < -0.39 is 11.7 Å². The van der Waals surface area contributed by atoms with Crippen LogP contribution in [0.15, 0.2) is 46.8 Å². The van der Waals surface area contributed by atoms with E-state index in [1.54, 1.807) is 22.7 Å². The van der Waals surface area contributed by atoms with E-state index in [4.69, 9.17) is 0 Å². The lowest BCUT2D eigenvalue weighted by Crippen LogP contribution is -2.04. The second-order valence-electron chi connectivity index (χ2n) is 5.73. The minimum absolute atomic E-state index is 0.497. The number of aromatic nitrogens is 3. The summed E-state index contributed by atoms with van der Waals surface area (Å²) >= 11 is 4.60. The van der Waals surface area contributed by atoms with Crippen LogP contribution in [-0.4, -0.2) is 15.2 Å². The Kier molecular flexibility index (Phi) is 4.92. The summed E-state index contributed by atoms with van der Waals surface area (Å²) in [5, 5.41) is 12.3. The molecule has 1 aromatic carbocycles. The molecule has 4 aromatic rings. The van der Waals surface area contributed by atoms with Crippen molar-refractivity contribution in [2.45, 2.75) is 23.9 Å². The lowest BCUT2D eigenvalue weighted by Gasteiger charge is -2.07. The maximum atomic E-state index is 12.7. The van der Waals surface area contributed by atoms with E-state index in [1.807, 2.05) is 24.4 Å². The summed E-state index contributed by atoms with van der Waals surface area (Å²) in [6.45, 7) is 1.94. The molecule has 27 heavy (non-hydrogen) atoms. The second-order valence-corrected chi connectivity index (χ2v) is 8.84. The third kappa shape index (κ3) is 3.85. The van der Waals surface area contributed by atoms with Gasteiger partial charge in [0, 0.05) is 5.75 Å². The zero-order chi connectivity index (χ0) is 19.0. The summed E-state index contributed by atoms with van der Waals surface area (Å²) in [6.07, 6.45) is -4.32. The highest BCUT2D eigenvalue weighted by atomic mass is 32.2. The van der Waals surface area contributed by atoms with Crippen LogP contribution >= 0.6 is 34.4 Å². The third-order valence-electron chi connectivity index (χ3n) is 3.80. The molecule has 0 atom stereocenters. The molecule has 0 N–H and O–H groups in total. The summed E-state index contributed by atoms with van der Waals surface area (Å²) in [6, 6.07) is 9.15. The van der Waals surface area contributed by atoms with Crippen LogP contribution in [-0.2, 0) is 11.9 Å². The lowest BCUT2D eigenvalue weighted by atomic mass is 10.1. The molecule has 0 aliphatic rings. The average molecular weight is 424 g/mol. The van der Waals surface area contributed by atoms with Crippen molar-refractivity contribution in [2.24, 2.45) is 0 Å². The number of thiophene rings is 1. The molecule has 0 fully saturated rings. The Balaban J connectivity index is 1.60. The minimum atomic E-state index is -4.32. The average Bonchev–Trinajstić information content (AvgIpc) is 3.28. The van der Waals surface area contributed by atoms with E-state index >= 15 is 0 Å². The lowest BCUT2D eigenvalue weighted by molar-refractivity contribution is -0.137. The van der Waals surface area contributed by atoms with Gasteiger partial charge in [-0.25, -0.2) is 4.98 Å². The van der Waals surface area contributed by atoms with Crippen molar-refractivity contribution >= 4 is 44.7 Å². The van der Waals surface area contributed by atoms with Crippen LogP contribution in [0.5, 0.6) is 0 Å². The first-order valence-electron chi connectivity index (χ1n) is 7.88. The fourth-order valence-electron chi connectivity index (χ4n) is 2.53. The standard InChI is InChI=1S/C18H12F3N3S3/c1-10-22-15-16(27-10)14(13-3-2-8-25-13)23-24-17(15)26-9-11-4-6-12(7-5-11)18(19,20)21/h2-8H,9H2,1H3. The Morgan fingerprint density at radius 1 is 1.07 bits per heavy atom. The van der Waals surface area contributed by atoms with Gasteiger partial charge in [-0.05, 0) is 36.1 Å². The molecule has 0 aliphatic carbocycles. The number of rotatable bonds is 4. The predicted molar refractivity (Wildman–Crippen MR) is 104 cm³/mol. The van der Waals surface area contributed by atoms with Crippen molar-refractivity contribution < 1.29 is 13.2 Å². The monoisotopic (exact) mass is 423 g/mol. The smallest absolute Gasteiger partial charge is 0.238 e. The van der Waals surface area contributed by atoms with E-state index in [9.17, 15) is 13.2 Å². The largest absolute Gasteiger partial charge is 0.416 e. The van der Waals surface area contributed by atoms with Crippen LogP contribution in [0.25, 0.3) is 20.8 Å². The zero-order valence-electron chi connectivity index (χ0n) is 13.9. The Labute approximate surface area is 165 Å². The Morgan fingerprint density at radius 2 is 1.85 bits per heavy atom. The van der Waals surface area contributed by atoms with Gasteiger partial charge >= 0.3 is 6.18 Å². The van der Waals surface area contributed by atoms with Gasteiger partial charge < -0.3 is 0 Å². The molecular formula is C18H12F3N3S3. The van der Waals surface area contributed by atoms with Crippen LogP contribution in [0, 0.1) is 6.92 Å². The third-order valence-corrected chi connectivity index (χ3v) is 6.68. The van der Waals surface area contributed by atoms with Crippen molar-refractivity contribution in [3.63, 3.8) is 0 Å². The summed E-state index contributed by atoms with van der Waals surface area (Å²) in [4.78, 5) is 5.63. The fraction of sp³-hybridized carbons (Fsp3) is 0.167. The maximum absolute atomic E-state index is 12.7. The molecule has 3 aromatic heterocycles. The number of aryl methyl sites for hydroxylation is 1. The van der Waals surface area contributed by atoms with Gasteiger partial charge in [0.2, 0.25) is 0 Å². The number of thioether (sulfide) groups is 1. The van der Waals surface area contributed by atoms with Crippen LogP contribution in [0.2, 0.25) is 0 Å². The highest BCUT2D eigenvalue weighted by Gasteiger charge is 2.29. The van der Waals surface area contributed by atoms with E-state index in [0.29, 0.717) is 10.8 Å². The van der Waals surface area contributed by atoms with E-state index in [2.05, 4.69) is 15.2 Å². The number of halogens is 3. The highest BCUT2D eigenvalue weighted by molar-refractivity contribution is 7.98. The van der Waals surface area contributed by atoms with Crippen molar-refractivity contribution in [1.82, 2.24) is 15.2 Å². The summed E-state index contributed by atoms with van der Waals surface area (Å²) in [7, 11) is 0. The molecule has 3 heterocycles. The SMILES string of the molecule is Cc1nc2c(SCc3ccc(C(F)(F)F)cc3)nnc(-c3cccs3)c2s1. The summed E-state index contributed by atoms with van der Waals surface area (Å²) in [5.74, 6) is 0.497. The van der Waals surface area contributed by atoms with Gasteiger partial charge in [0.05, 0.1) is 20.1 Å². The normalized spacial score (nSPS) is 12.0. The first-order chi connectivity index (χ1) is 12.9. The molecule has 9 heteroatoms. The molecule has 138 valence electrons. The fourth-order valence-corrected chi connectivity index (χ4v) is 5.18. The molecule has 0 saturated carbocycles. The molecule has 0 unspecified atom stereocenters. The molecule has 0 bridgehead atoms. The molecule has 3 nitrogen and oxygen atoms in total. The predicted octanol–water partition coefficient (Wildman–Crippen LogP) is 6.43. The van der Waals surface area contributed by atoms with E-state index in [-0.39, 0.29) is 0 Å². The van der Waals surface area contributed by atoms with Gasteiger partial charge in [0.1, 0.15) is 16.2 Å². The number of fused-ring (bicyclic) bond motifs is 1. The number of alkyl halides is 3. The van der Waals surface area contributed by atoms with E-state index in [1.165, 1.54) is 23.9 Å². The van der Waals surface area contributed by atoms with Crippen molar-refractivity contribution in [2.75, 3.05) is 0 Å². The number of hydrogen-bond donors (Lipinski definition) is 0. The van der Waals surface area contributed by atoms with Crippen LogP contribution in [0.3, 0.4) is 0 Å². The molecule has 0 radical (unpaired) electrons. The van der Waals surface area contributed by atoms with Gasteiger partial charge in [0.15, 0.2) is 0 Å². The zero-order valence-corrected chi connectivity index (χ0v) is 16.4. The van der Waals surface area contributed by atoms with Gasteiger partial charge in [-0.15, -0.1) is 32.9 Å². The van der Waals surface area contributed by atoms with Crippen LogP contribution < -0.4 is 0 Å². The highest BCUT2D eigenvalue weighted by Crippen LogP contribution is 2.37. The maximum Gasteiger partial charge on any atom is 0.416 e. The molecular weight excluding hydrogens is 411 g/mol. The summed E-state index contributed by atoms with van der Waals surface area (Å²) < 4.78 is 39.0. The molecule has 0 aliphatic heterocycles.